The zero-order valence-corrected chi connectivity index (χ0v) is 16.4. The van der Waals surface area contributed by atoms with Gasteiger partial charge in [0.2, 0.25) is 0 Å². The monoisotopic (exact) mass is 437 g/mol. The lowest BCUT2D eigenvalue weighted by atomic mass is 10.2. The molecule has 3 heterocycles. The number of hydrogen-bond acceptors (Lipinski definition) is 6. The minimum absolute atomic E-state index is 0. The highest BCUT2D eigenvalue weighted by atomic mass is 35.5. The number of hydrogen-bond donors (Lipinski definition) is 1. The van der Waals surface area contributed by atoms with Gasteiger partial charge in [0, 0.05) is 13.1 Å². The summed E-state index contributed by atoms with van der Waals surface area (Å²) in [5.74, 6) is 0.128. The molecule has 1 aromatic carbocycles. The molecular weight excluding hydrogens is 418 g/mol. The van der Waals surface area contributed by atoms with Gasteiger partial charge in [-0.2, -0.15) is 0 Å². The van der Waals surface area contributed by atoms with Gasteiger partial charge in [-0.3, -0.25) is 14.5 Å². The first kappa shape index (κ1) is 20.9. The molecule has 0 aliphatic carbocycles. The van der Waals surface area contributed by atoms with Crippen LogP contribution in [0.25, 0.3) is 0 Å². The van der Waals surface area contributed by atoms with Gasteiger partial charge in [-0.1, -0.05) is 19.0 Å². The summed E-state index contributed by atoms with van der Waals surface area (Å²) in [5, 5.41) is 2.75. The average Bonchev–Trinajstić information content (AvgIpc) is 3.28. The molecule has 1 saturated heterocycles. The van der Waals surface area contributed by atoms with Crippen molar-refractivity contribution in [1.82, 2.24) is 5.32 Å². The highest BCUT2D eigenvalue weighted by molar-refractivity contribution is 7.18. The Morgan fingerprint density at radius 2 is 2.10 bits per heavy atom. The number of ether oxygens (including phenoxy) is 2. The lowest BCUT2D eigenvalue weighted by molar-refractivity contribution is -0.120. The second-order valence-corrected chi connectivity index (χ2v) is 8.04. The van der Waals surface area contributed by atoms with E-state index in [1.165, 1.54) is 21.1 Å². The summed E-state index contributed by atoms with van der Waals surface area (Å²) in [4.78, 5) is 39.5. The number of likely N-dealkylation sites (N-methyl/N-ethyl adjacent to an activating group) is 1. The molecule has 0 unspecified atom stereocenters. The minimum Gasteiger partial charge on any atom is -0.481 e. The van der Waals surface area contributed by atoms with Gasteiger partial charge in [0.1, 0.15) is 11.9 Å². The molecule has 8 nitrogen and oxygen atoms in total. The van der Waals surface area contributed by atoms with E-state index in [9.17, 15) is 14.4 Å². The molecule has 2 aliphatic rings. The van der Waals surface area contributed by atoms with E-state index in [1.807, 2.05) is 0 Å². The third kappa shape index (κ3) is 4.15. The maximum absolute atomic E-state index is 12.3. The number of fused-ring (bicyclic) bond motifs is 1. The van der Waals surface area contributed by atoms with Crippen molar-refractivity contribution < 1.29 is 23.9 Å². The van der Waals surface area contributed by atoms with Crippen LogP contribution in [-0.4, -0.2) is 50.8 Å². The van der Waals surface area contributed by atoms with Gasteiger partial charge >= 0.3 is 6.09 Å². The number of carbonyl (C=O) groups excluding carboxylic acids is 3. The molecule has 0 spiro atoms. The second kappa shape index (κ2) is 8.30. The summed E-state index contributed by atoms with van der Waals surface area (Å²) in [6.07, 6.45) is -0.980. The van der Waals surface area contributed by atoms with Crippen LogP contribution in [0.15, 0.2) is 30.3 Å². The maximum atomic E-state index is 12.3. The van der Waals surface area contributed by atoms with Crippen molar-refractivity contribution in [1.29, 1.82) is 0 Å². The summed E-state index contributed by atoms with van der Waals surface area (Å²) in [7, 11) is 1.67. The van der Waals surface area contributed by atoms with Crippen molar-refractivity contribution in [3.8, 4) is 5.75 Å². The van der Waals surface area contributed by atoms with E-state index in [1.54, 1.807) is 37.4 Å². The summed E-state index contributed by atoms with van der Waals surface area (Å²) in [5.41, 5.74) is 1.25. The molecule has 1 N–H and O–H groups in total. The number of halogens is 1. The number of anilines is 2. The molecule has 1 atom stereocenters. The third-order valence-electron chi connectivity index (χ3n) is 4.50. The van der Waals surface area contributed by atoms with Crippen molar-refractivity contribution >= 4 is 52.2 Å². The highest BCUT2D eigenvalue weighted by Gasteiger charge is 2.34. The van der Waals surface area contributed by atoms with Crippen LogP contribution in [0.2, 0.25) is 4.34 Å². The molecule has 154 valence electrons. The van der Waals surface area contributed by atoms with Gasteiger partial charge < -0.3 is 19.7 Å². The van der Waals surface area contributed by atoms with Gasteiger partial charge in [0.25, 0.3) is 11.8 Å². The molecule has 29 heavy (non-hydrogen) atoms. The summed E-state index contributed by atoms with van der Waals surface area (Å²) < 4.78 is 11.3. The van der Waals surface area contributed by atoms with Crippen molar-refractivity contribution in [2.75, 3.05) is 36.5 Å². The topological polar surface area (TPSA) is 88.2 Å². The van der Waals surface area contributed by atoms with Crippen LogP contribution in [0.3, 0.4) is 0 Å². The van der Waals surface area contributed by atoms with Crippen LogP contribution >= 0.6 is 22.9 Å². The van der Waals surface area contributed by atoms with E-state index in [4.69, 9.17) is 21.1 Å². The first-order valence-corrected chi connectivity index (χ1v) is 9.67. The Bertz CT molecular complexity index is 963. The lowest BCUT2D eigenvalue weighted by Crippen LogP contribution is -2.36. The van der Waals surface area contributed by atoms with Crippen LogP contribution in [0.1, 0.15) is 17.1 Å². The number of nitrogens with one attached hydrogen (secondary N) is 1. The van der Waals surface area contributed by atoms with Crippen molar-refractivity contribution in [2.24, 2.45) is 0 Å². The lowest BCUT2D eigenvalue weighted by Gasteiger charge is -2.27. The number of rotatable bonds is 4. The zero-order valence-electron chi connectivity index (χ0n) is 14.8. The van der Waals surface area contributed by atoms with Crippen LogP contribution in [0, 0.1) is 0 Å². The molecular formula is C19H20ClN3O5S. The number of cyclic esters (lactones) is 1. The Morgan fingerprint density at radius 1 is 1.31 bits per heavy atom. The van der Waals surface area contributed by atoms with E-state index in [0.29, 0.717) is 26.3 Å². The fourth-order valence-electron chi connectivity index (χ4n) is 3.00. The van der Waals surface area contributed by atoms with E-state index >= 15 is 0 Å². The Kier molecular flexibility index (Phi) is 5.99. The number of benzene rings is 1. The molecule has 4 rings (SSSR count). The number of carbonyl (C=O) groups is 3. The number of nitrogens with zero attached hydrogens (tertiary/aromatic N) is 2. The Hall–Kier alpha value is -2.78. The zero-order chi connectivity index (χ0) is 19.8. The maximum Gasteiger partial charge on any atom is 0.414 e. The number of thiophene rings is 1. The van der Waals surface area contributed by atoms with Crippen LogP contribution in [0.5, 0.6) is 5.75 Å². The Labute approximate surface area is 176 Å². The first-order chi connectivity index (χ1) is 13.4. The highest BCUT2D eigenvalue weighted by Crippen LogP contribution is 2.36. The van der Waals surface area contributed by atoms with Gasteiger partial charge in [0.15, 0.2) is 6.61 Å². The molecule has 10 heteroatoms. The molecule has 3 amide bonds. The SMILES string of the molecule is C.CN1C(=O)COc2cc(N3C[C@H](CNC(=O)c4ccc(Cl)s4)OC3=O)ccc21. The quantitative estimate of drug-likeness (QED) is 0.793. The normalized spacial score (nSPS) is 17.9. The fourth-order valence-corrected chi connectivity index (χ4v) is 3.96. The van der Waals surface area contributed by atoms with Crippen molar-refractivity contribution in [2.45, 2.75) is 13.5 Å². The fraction of sp³-hybridized carbons (Fsp3) is 0.316. The van der Waals surface area contributed by atoms with Gasteiger partial charge in [-0.25, -0.2) is 4.79 Å². The number of amides is 3. The van der Waals surface area contributed by atoms with Crippen LogP contribution < -0.4 is 19.9 Å². The predicted octanol–water partition coefficient (Wildman–Crippen LogP) is 3.15. The smallest absolute Gasteiger partial charge is 0.414 e. The van der Waals surface area contributed by atoms with Crippen LogP contribution in [-0.2, 0) is 9.53 Å². The van der Waals surface area contributed by atoms with Gasteiger partial charge in [-0.05, 0) is 24.3 Å². The van der Waals surface area contributed by atoms with Crippen LogP contribution in [0.4, 0.5) is 16.2 Å². The van der Waals surface area contributed by atoms with E-state index in [2.05, 4.69) is 5.32 Å². The van der Waals surface area contributed by atoms with Crippen molar-refractivity contribution in [3.05, 3.63) is 39.5 Å². The molecule has 0 bridgehead atoms. The Balaban J connectivity index is 0.00000240. The predicted molar refractivity (Wildman–Crippen MR) is 111 cm³/mol. The molecule has 1 fully saturated rings. The molecule has 0 radical (unpaired) electrons. The third-order valence-corrected chi connectivity index (χ3v) is 5.73. The minimum atomic E-state index is -0.501. The standard InChI is InChI=1S/C18H16ClN3O5S.CH4/c1-21-12-3-2-10(6-13(12)26-9-16(21)23)22-8-11(27-18(22)25)7-20-17(24)14-4-5-15(19)28-14;/h2-6,11H,7-9H2,1H3,(H,20,24);1H4/t11-;/m0./s1. The van der Waals surface area contributed by atoms with E-state index in [-0.39, 0.29) is 38.9 Å². The summed E-state index contributed by atoms with van der Waals surface area (Å²) in [6, 6.07) is 8.46. The molecule has 2 aliphatic heterocycles. The largest absolute Gasteiger partial charge is 0.481 e. The molecule has 2 aromatic rings. The van der Waals surface area contributed by atoms with Gasteiger partial charge in [-0.15, -0.1) is 11.3 Å². The van der Waals surface area contributed by atoms with E-state index < -0.39 is 12.2 Å². The van der Waals surface area contributed by atoms with Gasteiger partial charge in [0.05, 0.1) is 33.7 Å². The Morgan fingerprint density at radius 3 is 2.83 bits per heavy atom. The summed E-state index contributed by atoms with van der Waals surface area (Å²) in [6.45, 7) is 0.436. The first-order valence-electron chi connectivity index (χ1n) is 8.47. The van der Waals surface area contributed by atoms with Crippen molar-refractivity contribution in [3.63, 3.8) is 0 Å². The molecule has 0 saturated carbocycles. The molecule has 1 aromatic heterocycles. The summed E-state index contributed by atoms with van der Waals surface area (Å²) >= 11 is 7.02. The average molecular weight is 438 g/mol. The second-order valence-electron chi connectivity index (χ2n) is 6.32. The van der Waals surface area contributed by atoms with E-state index in [0.717, 1.165) is 0 Å².